The molecule has 3 aliphatic heterocycles. The van der Waals surface area contributed by atoms with Crippen LogP contribution in [-0.4, -0.2) is 106 Å². The molecule has 0 saturated carbocycles. The zero-order chi connectivity index (χ0) is 46.3. The molecule has 3 aliphatic rings. The summed E-state index contributed by atoms with van der Waals surface area (Å²) in [5, 5.41) is 24.9. The number of aromatic amines is 1. The first-order valence-corrected chi connectivity index (χ1v) is 23.3. The smallest absolute Gasteiger partial charge is 0.317 e. The zero-order valence-corrected chi connectivity index (χ0v) is 37.5. The van der Waals surface area contributed by atoms with Crippen molar-refractivity contribution in [2.75, 3.05) is 52.5 Å². The van der Waals surface area contributed by atoms with Gasteiger partial charge in [-0.25, -0.2) is 0 Å². The number of ether oxygens (including phenoxy) is 2. The molecule has 9 rings (SSSR count). The molecule has 13 heteroatoms. The fourth-order valence-electron chi connectivity index (χ4n) is 9.96. The Morgan fingerprint density at radius 1 is 0.776 bits per heavy atom. The number of H-pyrrole nitrogens is 1. The van der Waals surface area contributed by atoms with E-state index in [1.54, 1.807) is 30.3 Å². The van der Waals surface area contributed by atoms with Crippen LogP contribution in [-0.2, 0) is 27.4 Å². The van der Waals surface area contributed by atoms with Crippen LogP contribution in [0.1, 0.15) is 69.5 Å². The highest BCUT2D eigenvalue weighted by Crippen LogP contribution is 2.34. The standard InChI is InChI=1S/C54H57N5O8/c60-47-20-18-44(45-19-21-49(62)56-52(45)47)48(61)30-55-29-36-14-16-40(17-15-36)53(64)58-32-42-24-27-59(46(42)33-58)50(63)35-66-43-13-7-12-41(28-43)51(39-10-5-2-6-11-39)54(65)67-34-38-22-25-57(26-23-38)31-37-8-3-1-4-9-37/h1-21,28,38,42,46,48,51,55,60-61H,22-27,29-35H2,(H,56,62)/t42-,46+,48+,51?/m1/s1. The number of amides is 2. The Labute approximate surface area is 389 Å². The lowest BCUT2D eigenvalue weighted by molar-refractivity contribution is -0.146. The predicted octanol–water partition coefficient (Wildman–Crippen LogP) is 6.40. The predicted molar refractivity (Wildman–Crippen MR) is 254 cm³/mol. The number of aliphatic hydroxyl groups excluding tert-OH is 1. The second-order valence-corrected chi connectivity index (χ2v) is 18.1. The first kappa shape index (κ1) is 45.4. The Bertz CT molecular complexity index is 2720. The average molecular weight is 904 g/mol. The number of hydrogen-bond donors (Lipinski definition) is 4. The number of fused-ring (bicyclic) bond motifs is 2. The maximum Gasteiger partial charge on any atom is 0.317 e. The molecule has 4 atom stereocenters. The van der Waals surface area contributed by atoms with Crippen molar-refractivity contribution in [1.82, 2.24) is 25.0 Å². The number of rotatable bonds is 16. The molecule has 6 aromatic rings. The summed E-state index contributed by atoms with van der Waals surface area (Å²) in [7, 11) is 0. The molecule has 346 valence electrons. The van der Waals surface area contributed by atoms with Crippen molar-refractivity contribution in [2.45, 2.75) is 50.4 Å². The van der Waals surface area contributed by atoms with Crippen molar-refractivity contribution in [3.05, 3.63) is 177 Å². The van der Waals surface area contributed by atoms with Crippen LogP contribution in [0.15, 0.2) is 138 Å². The minimum Gasteiger partial charge on any atom is -0.506 e. The number of carbonyl (C=O) groups excluding carboxylic acids is 3. The highest BCUT2D eigenvalue weighted by atomic mass is 16.5. The van der Waals surface area contributed by atoms with Gasteiger partial charge in [-0.05, 0) is 102 Å². The third-order valence-corrected chi connectivity index (χ3v) is 13.6. The third kappa shape index (κ3) is 10.8. The third-order valence-electron chi connectivity index (χ3n) is 13.6. The number of piperidine rings is 1. The van der Waals surface area contributed by atoms with Crippen LogP contribution in [0.2, 0.25) is 0 Å². The molecule has 0 aliphatic carbocycles. The molecule has 5 aromatic carbocycles. The van der Waals surface area contributed by atoms with Crippen LogP contribution >= 0.6 is 0 Å². The molecule has 13 nitrogen and oxygen atoms in total. The Hall–Kier alpha value is -6.80. The number of aliphatic hydroxyl groups is 1. The Balaban J connectivity index is 0.750. The van der Waals surface area contributed by atoms with E-state index in [2.05, 4.69) is 39.5 Å². The van der Waals surface area contributed by atoms with Gasteiger partial charge in [-0.2, -0.15) is 0 Å². The largest absolute Gasteiger partial charge is 0.506 e. The lowest BCUT2D eigenvalue weighted by Crippen LogP contribution is -2.42. The van der Waals surface area contributed by atoms with E-state index in [1.165, 1.54) is 17.7 Å². The molecular weight excluding hydrogens is 847 g/mol. The van der Waals surface area contributed by atoms with Gasteiger partial charge in [0, 0.05) is 62.2 Å². The first-order chi connectivity index (χ1) is 32.7. The summed E-state index contributed by atoms with van der Waals surface area (Å²) in [5.41, 5.74) is 4.87. The number of aromatic nitrogens is 1. The molecule has 67 heavy (non-hydrogen) atoms. The van der Waals surface area contributed by atoms with Crippen LogP contribution in [0.25, 0.3) is 10.9 Å². The summed E-state index contributed by atoms with van der Waals surface area (Å²) >= 11 is 0. The van der Waals surface area contributed by atoms with Crippen LogP contribution in [0.4, 0.5) is 0 Å². The summed E-state index contributed by atoms with van der Waals surface area (Å²) in [6, 6.07) is 40.8. The van der Waals surface area contributed by atoms with Gasteiger partial charge in [0.05, 0.1) is 24.3 Å². The number of aromatic hydroxyl groups is 1. The van der Waals surface area contributed by atoms with E-state index in [1.807, 2.05) is 76.5 Å². The lowest BCUT2D eigenvalue weighted by Gasteiger charge is -2.32. The second kappa shape index (κ2) is 20.8. The second-order valence-electron chi connectivity index (χ2n) is 18.1. The monoisotopic (exact) mass is 903 g/mol. The molecule has 3 saturated heterocycles. The van der Waals surface area contributed by atoms with Gasteiger partial charge in [-0.15, -0.1) is 0 Å². The summed E-state index contributed by atoms with van der Waals surface area (Å²) in [4.78, 5) is 61.8. The maximum atomic E-state index is 13.9. The molecule has 0 radical (unpaired) electrons. The highest BCUT2D eigenvalue weighted by Gasteiger charge is 2.45. The number of carbonyl (C=O) groups is 3. The number of nitrogens with one attached hydrogen (secondary N) is 2. The average Bonchev–Trinajstić information content (AvgIpc) is 3.96. The quantitative estimate of drug-likeness (QED) is 0.0800. The van der Waals surface area contributed by atoms with E-state index >= 15 is 0 Å². The van der Waals surface area contributed by atoms with Gasteiger partial charge in [0.25, 0.3) is 11.8 Å². The molecule has 1 unspecified atom stereocenters. The topological polar surface area (TPSA) is 165 Å². The number of nitrogens with zero attached hydrogens (tertiary/aromatic N) is 3. The van der Waals surface area contributed by atoms with Crippen molar-refractivity contribution < 1.29 is 34.1 Å². The maximum absolute atomic E-state index is 13.9. The minimum absolute atomic E-state index is 0.0650. The van der Waals surface area contributed by atoms with Crippen LogP contribution in [0, 0.1) is 11.8 Å². The van der Waals surface area contributed by atoms with Crippen molar-refractivity contribution in [1.29, 1.82) is 0 Å². The van der Waals surface area contributed by atoms with Crippen LogP contribution in [0.3, 0.4) is 0 Å². The number of likely N-dealkylation sites (tertiary alicyclic amines) is 3. The van der Waals surface area contributed by atoms with Gasteiger partial charge in [-0.1, -0.05) is 91.0 Å². The van der Waals surface area contributed by atoms with Crippen LogP contribution < -0.4 is 15.6 Å². The van der Waals surface area contributed by atoms with Crippen molar-refractivity contribution in [3.8, 4) is 11.5 Å². The highest BCUT2D eigenvalue weighted by molar-refractivity contribution is 5.94. The molecule has 1 aromatic heterocycles. The number of phenolic OH excluding ortho intramolecular Hbond substituents is 1. The fraction of sp³-hybridized carbons (Fsp3) is 0.333. The summed E-state index contributed by atoms with van der Waals surface area (Å²) < 4.78 is 12.2. The van der Waals surface area contributed by atoms with Gasteiger partial charge >= 0.3 is 5.97 Å². The number of esters is 1. The summed E-state index contributed by atoms with van der Waals surface area (Å²) in [5.74, 6) is -0.284. The van der Waals surface area contributed by atoms with E-state index < -0.39 is 12.0 Å². The van der Waals surface area contributed by atoms with Gasteiger partial charge < -0.3 is 39.8 Å². The van der Waals surface area contributed by atoms with E-state index in [-0.39, 0.29) is 59.7 Å². The molecule has 4 heterocycles. The van der Waals surface area contributed by atoms with Crippen LogP contribution in [0.5, 0.6) is 11.5 Å². The fourth-order valence-corrected chi connectivity index (χ4v) is 9.96. The van der Waals surface area contributed by atoms with Gasteiger partial charge in [0.1, 0.15) is 17.4 Å². The SMILES string of the molecule is O=C(OCC1CCN(Cc2ccccc2)CC1)C(c1ccccc1)c1cccc(OCC(=O)N2CC[C@@H]3CN(C(=O)c4ccc(CNC[C@H](O)c5ccc(O)c6[nH]c(=O)ccc56)cc4)C[C@@H]32)c1. The minimum atomic E-state index is -0.890. The first-order valence-electron chi connectivity index (χ1n) is 23.3. The van der Waals surface area contributed by atoms with Gasteiger partial charge in [0.2, 0.25) is 5.56 Å². The van der Waals surface area contributed by atoms with Crippen molar-refractivity contribution in [3.63, 3.8) is 0 Å². The lowest BCUT2D eigenvalue weighted by atomic mass is 9.91. The Morgan fingerprint density at radius 3 is 2.30 bits per heavy atom. The number of benzene rings is 5. The Kier molecular flexibility index (Phi) is 14.1. The Morgan fingerprint density at radius 2 is 1.52 bits per heavy atom. The van der Waals surface area contributed by atoms with Gasteiger partial charge in [-0.3, -0.25) is 24.1 Å². The van der Waals surface area contributed by atoms with Crippen molar-refractivity contribution in [2.24, 2.45) is 11.8 Å². The number of pyridine rings is 1. The van der Waals surface area contributed by atoms with Crippen molar-refractivity contribution >= 4 is 28.7 Å². The number of phenols is 1. The van der Waals surface area contributed by atoms with E-state index in [0.29, 0.717) is 61.0 Å². The van der Waals surface area contributed by atoms with E-state index in [4.69, 9.17) is 9.47 Å². The summed E-state index contributed by atoms with van der Waals surface area (Å²) in [6.45, 7) is 5.36. The van der Waals surface area contributed by atoms with E-state index in [9.17, 15) is 29.4 Å². The summed E-state index contributed by atoms with van der Waals surface area (Å²) in [6.07, 6.45) is 1.85. The zero-order valence-electron chi connectivity index (χ0n) is 37.5. The molecule has 3 fully saturated rings. The molecule has 2 amide bonds. The normalized spacial score (nSPS) is 18.4. The molecular formula is C54H57N5O8. The number of hydrogen-bond acceptors (Lipinski definition) is 10. The van der Waals surface area contributed by atoms with E-state index in [0.717, 1.165) is 55.6 Å². The molecule has 0 spiro atoms. The van der Waals surface area contributed by atoms with Gasteiger partial charge in [0.15, 0.2) is 6.61 Å². The molecule has 0 bridgehead atoms. The molecule has 4 N–H and O–H groups in total.